The van der Waals surface area contributed by atoms with Crippen molar-refractivity contribution in [2.45, 2.75) is 38.7 Å². The van der Waals surface area contributed by atoms with Crippen LogP contribution in [0.5, 0.6) is 0 Å². The highest BCUT2D eigenvalue weighted by atomic mass is 35.5. The molecule has 3 rings (SSSR count). The molecule has 0 saturated carbocycles. The number of benzene rings is 1. The Bertz CT molecular complexity index is 550. The maximum atomic E-state index is 12.4. The van der Waals surface area contributed by atoms with Gasteiger partial charge in [0.05, 0.1) is 12.5 Å². The molecule has 2 fully saturated rings. The van der Waals surface area contributed by atoms with Crippen LogP contribution in [0, 0.1) is 6.92 Å². The molecule has 0 bridgehead atoms. The van der Waals surface area contributed by atoms with Gasteiger partial charge in [0.1, 0.15) is 0 Å². The number of amides is 1. The normalized spacial score (nSPS) is 22.3. The van der Waals surface area contributed by atoms with Gasteiger partial charge in [0, 0.05) is 43.5 Å². The van der Waals surface area contributed by atoms with Crippen LogP contribution in [0.2, 0.25) is 5.02 Å². The van der Waals surface area contributed by atoms with E-state index in [0.29, 0.717) is 6.42 Å². The van der Waals surface area contributed by atoms with Crippen molar-refractivity contribution in [3.63, 3.8) is 0 Å². The summed E-state index contributed by atoms with van der Waals surface area (Å²) in [4.78, 5) is 16.8. The molecule has 0 radical (unpaired) electrons. The Morgan fingerprint density at radius 3 is 2.70 bits per heavy atom. The number of carbonyl (C=O) groups excluding carboxylic acids is 1. The summed E-state index contributed by atoms with van der Waals surface area (Å²) in [6.07, 6.45) is 4.01. The van der Waals surface area contributed by atoms with E-state index in [1.165, 1.54) is 17.7 Å². The third-order valence-electron chi connectivity index (χ3n) is 4.81. The first-order valence-electron chi connectivity index (χ1n) is 8.54. The van der Waals surface area contributed by atoms with Crippen molar-refractivity contribution in [3.05, 3.63) is 28.8 Å². The molecule has 4 nitrogen and oxygen atoms in total. The fourth-order valence-electron chi connectivity index (χ4n) is 3.46. The highest BCUT2D eigenvalue weighted by Gasteiger charge is 2.25. The summed E-state index contributed by atoms with van der Waals surface area (Å²) in [6, 6.07) is 6.00. The summed E-state index contributed by atoms with van der Waals surface area (Å²) >= 11 is 6.03. The van der Waals surface area contributed by atoms with Crippen LogP contribution >= 0.6 is 11.6 Å². The Hall–Kier alpha value is -1.26. The molecule has 0 spiro atoms. The maximum Gasteiger partial charge on any atom is 0.225 e. The van der Waals surface area contributed by atoms with Crippen LogP contribution in [0.4, 0.5) is 5.69 Å². The second-order valence-corrected chi connectivity index (χ2v) is 6.93. The van der Waals surface area contributed by atoms with Crippen molar-refractivity contribution in [3.8, 4) is 0 Å². The Kier molecular flexibility index (Phi) is 5.44. The van der Waals surface area contributed by atoms with Crippen molar-refractivity contribution in [1.29, 1.82) is 0 Å². The van der Waals surface area contributed by atoms with Gasteiger partial charge in [-0.2, -0.15) is 0 Å². The monoisotopic (exact) mass is 336 g/mol. The number of hydrogen-bond donors (Lipinski definition) is 0. The van der Waals surface area contributed by atoms with Crippen molar-refractivity contribution in [2.24, 2.45) is 0 Å². The van der Waals surface area contributed by atoms with E-state index in [-0.39, 0.29) is 12.0 Å². The Morgan fingerprint density at radius 1 is 1.26 bits per heavy atom. The Labute approximate surface area is 143 Å². The average molecular weight is 337 g/mol. The molecule has 0 aliphatic carbocycles. The number of rotatable bonds is 3. The van der Waals surface area contributed by atoms with Gasteiger partial charge in [0.2, 0.25) is 5.91 Å². The average Bonchev–Trinajstić information content (AvgIpc) is 2.56. The highest BCUT2D eigenvalue weighted by Crippen LogP contribution is 2.25. The maximum absolute atomic E-state index is 12.4. The quantitative estimate of drug-likeness (QED) is 0.849. The zero-order valence-electron chi connectivity index (χ0n) is 13.8. The third-order valence-corrected chi connectivity index (χ3v) is 5.04. The Morgan fingerprint density at radius 2 is 2.04 bits per heavy atom. The van der Waals surface area contributed by atoms with Crippen LogP contribution in [0.25, 0.3) is 0 Å². The lowest BCUT2D eigenvalue weighted by molar-refractivity contribution is -0.135. The number of aryl methyl sites for hydroxylation is 1. The number of carbonyl (C=O) groups is 1. The molecule has 2 heterocycles. The van der Waals surface area contributed by atoms with Crippen molar-refractivity contribution >= 4 is 23.2 Å². The number of nitrogens with zero attached hydrogens (tertiary/aromatic N) is 2. The van der Waals surface area contributed by atoms with Gasteiger partial charge < -0.3 is 14.5 Å². The molecular formula is C18H25ClN2O2. The molecule has 1 unspecified atom stereocenters. The molecule has 5 heteroatoms. The number of anilines is 1. The summed E-state index contributed by atoms with van der Waals surface area (Å²) in [5.74, 6) is 0.240. The zero-order valence-corrected chi connectivity index (χ0v) is 14.5. The summed E-state index contributed by atoms with van der Waals surface area (Å²) in [7, 11) is 0. The molecule has 2 saturated heterocycles. The minimum atomic E-state index is 0.132. The molecule has 23 heavy (non-hydrogen) atoms. The fraction of sp³-hybridized carbons (Fsp3) is 0.611. The molecule has 1 amide bonds. The molecule has 0 N–H and O–H groups in total. The highest BCUT2D eigenvalue weighted by molar-refractivity contribution is 6.30. The lowest BCUT2D eigenvalue weighted by Gasteiger charge is -2.37. The zero-order chi connectivity index (χ0) is 16.2. The first kappa shape index (κ1) is 16.6. The van der Waals surface area contributed by atoms with E-state index in [4.69, 9.17) is 16.3 Å². The number of piperazine rings is 1. The summed E-state index contributed by atoms with van der Waals surface area (Å²) in [5.41, 5.74) is 2.41. The van der Waals surface area contributed by atoms with Crippen LogP contribution in [0.15, 0.2) is 18.2 Å². The standard InChI is InChI=1S/C18H25ClN2O2/c1-14-12-15(19)5-6-17(14)20-7-9-21(10-8-20)18(22)13-16-4-2-3-11-23-16/h5-6,12,16H,2-4,7-11,13H2,1H3. The smallest absolute Gasteiger partial charge is 0.225 e. The van der Waals surface area contributed by atoms with E-state index in [1.807, 2.05) is 17.0 Å². The summed E-state index contributed by atoms with van der Waals surface area (Å²) in [6.45, 7) is 6.21. The van der Waals surface area contributed by atoms with E-state index in [1.54, 1.807) is 0 Å². The molecule has 2 aliphatic rings. The van der Waals surface area contributed by atoms with Crippen molar-refractivity contribution < 1.29 is 9.53 Å². The lowest BCUT2D eigenvalue weighted by atomic mass is 10.1. The SMILES string of the molecule is Cc1cc(Cl)ccc1N1CCN(C(=O)CC2CCCCO2)CC1. The third kappa shape index (κ3) is 4.18. The lowest BCUT2D eigenvalue weighted by Crippen LogP contribution is -2.49. The second-order valence-electron chi connectivity index (χ2n) is 6.49. The number of ether oxygens (including phenoxy) is 1. The van der Waals surface area contributed by atoms with Gasteiger partial charge in [-0.25, -0.2) is 0 Å². The van der Waals surface area contributed by atoms with Gasteiger partial charge in [-0.3, -0.25) is 4.79 Å². The van der Waals surface area contributed by atoms with Crippen LogP contribution in [0.1, 0.15) is 31.2 Å². The molecule has 1 aromatic rings. The van der Waals surface area contributed by atoms with E-state index >= 15 is 0 Å². The van der Waals surface area contributed by atoms with E-state index in [2.05, 4.69) is 17.9 Å². The first-order chi connectivity index (χ1) is 11.1. The van der Waals surface area contributed by atoms with Crippen molar-refractivity contribution in [1.82, 2.24) is 4.90 Å². The largest absolute Gasteiger partial charge is 0.378 e. The predicted molar refractivity (Wildman–Crippen MR) is 93.2 cm³/mol. The van der Waals surface area contributed by atoms with Gasteiger partial charge in [-0.1, -0.05) is 11.6 Å². The number of halogens is 1. The summed E-state index contributed by atoms with van der Waals surface area (Å²) in [5, 5.41) is 0.771. The number of hydrogen-bond acceptors (Lipinski definition) is 3. The molecule has 0 aromatic heterocycles. The van der Waals surface area contributed by atoms with Gasteiger partial charge in [-0.15, -0.1) is 0 Å². The van der Waals surface area contributed by atoms with Gasteiger partial charge in [0.15, 0.2) is 0 Å². The van der Waals surface area contributed by atoms with E-state index in [9.17, 15) is 4.79 Å². The minimum absolute atomic E-state index is 0.132. The van der Waals surface area contributed by atoms with E-state index in [0.717, 1.165) is 50.7 Å². The van der Waals surface area contributed by atoms with Crippen LogP contribution < -0.4 is 4.90 Å². The van der Waals surface area contributed by atoms with Gasteiger partial charge in [0.25, 0.3) is 0 Å². The molecule has 2 aliphatic heterocycles. The van der Waals surface area contributed by atoms with Crippen LogP contribution in [-0.4, -0.2) is 49.7 Å². The predicted octanol–water partition coefficient (Wildman–Crippen LogP) is 3.26. The second kappa shape index (κ2) is 7.54. The molecule has 1 atom stereocenters. The van der Waals surface area contributed by atoms with Crippen molar-refractivity contribution in [2.75, 3.05) is 37.7 Å². The van der Waals surface area contributed by atoms with Gasteiger partial charge in [-0.05, 0) is 49.9 Å². The van der Waals surface area contributed by atoms with E-state index < -0.39 is 0 Å². The topological polar surface area (TPSA) is 32.8 Å². The molecule has 126 valence electrons. The van der Waals surface area contributed by atoms with Gasteiger partial charge >= 0.3 is 0 Å². The fourth-order valence-corrected chi connectivity index (χ4v) is 3.69. The molecule has 1 aromatic carbocycles. The minimum Gasteiger partial charge on any atom is -0.378 e. The van der Waals surface area contributed by atoms with Crippen LogP contribution in [-0.2, 0) is 9.53 Å². The van der Waals surface area contributed by atoms with Crippen LogP contribution in [0.3, 0.4) is 0 Å². The first-order valence-corrected chi connectivity index (χ1v) is 8.92. The summed E-state index contributed by atoms with van der Waals surface area (Å²) < 4.78 is 5.69. The molecular weight excluding hydrogens is 312 g/mol. The Balaban J connectivity index is 1.52.